The maximum absolute atomic E-state index is 13.6. The first-order chi connectivity index (χ1) is 11.8. The van der Waals surface area contributed by atoms with Crippen molar-refractivity contribution >= 4 is 17.1 Å². The average Bonchev–Trinajstić information content (AvgIpc) is 2.60. The smallest absolute Gasteiger partial charge is 0.267 e. The van der Waals surface area contributed by atoms with Crippen LogP contribution in [0.4, 0.5) is 22.0 Å². The fourth-order valence-corrected chi connectivity index (χ4v) is 2.22. The van der Waals surface area contributed by atoms with E-state index in [1.54, 1.807) is 18.2 Å². The van der Waals surface area contributed by atoms with Crippen LogP contribution in [0.15, 0.2) is 34.2 Å². The molecule has 4 nitrogen and oxygen atoms in total. The van der Waals surface area contributed by atoms with Crippen LogP contribution in [0.25, 0.3) is 10.9 Å². The zero-order valence-electron chi connectivity index (χ0n) is 12.5. The molecule has 9 heteroatoms. The number of aromatic nitrogens is 2. The Morgan fingerprint density at radius 1 is 0.960 bits per heavy atom. The van der Waals surface area contributed by atoms with Crippen molar-refractivity contribution in [3.8, 4) is 0 Å². The first-order valence-corrected chi connectivity index (χ1v) is 6.87. The summed E-state index contributed by atoms with van der Waals surface area (Å²) in [5, 5.41) is 3.72. The molecule has 2 aromatic carbocycles. The van der Waals surface area contributed by atoms with Crippen molar-refractivity contribution in [2.45, 2.75) is 6.92 Å². The third kappa shape index (κ3) is 2.67. The molecule has 0 fully saturated rings. The summed E-state index contributed by atoms with van der Waals surface area (Å²) >= 11 is 0. The first kappa shape index (κ1) is 16.7. The second-order valence-electron chi connectivity index (χ2n) is 5.02. The van der Waals surface area contributed by atoms with Crippen molar-refractivity contribution in [2.24, 2.45) is 5.10 Å². The molecule has 1 heterocycles. The van der Waals surface area contributed by atoms with E-state index in [1.165, 1.54) is 13.0 Å². The zero-order valence-corrected chi connectivity index (χ0v) is 12.5. The van der Waals surface area contributed by atoms with Crippen LogP contribution < -0.4 is 5.56 Å². The molecule has 0 unspecified atom stereocenters. The van der Waals surface area contributed by atoms with Gasteiger partial charge in [0.2, 0.25) is 5.82 Å². The number of nitrogens with zero attached hydrogens (tertiary/aromatic N) is 3. The van der Waals surface area contributed by atoms with Gasteiger partial charge in [0.1, 0.15) is 5.82 Å². The minimum atomic E-state index is -2.27. The van der Waals surface area contributed by atoms with Gasteiger partial charge in [0.05, 0.1) is 22.7 Å². The van der Waals surface area contributed by atoms with Crippen LogP contribution in [0, 0.1) is 36.0 Å². The molecule has 25 heavy (non-hydrogen) atoms. The van der Waals surface area contributed by atoms with E-state index >= 15 is 0 Å². The Balaban J connectivity index is 2.19. The zero-order chi connectivity index (χ0) is 18.3. The molecule has 0 atom stereocenters. The molecule has 0 aliphatic heterocycles. The highest BCUT2D eigenvalue weighted by molar-refractivity contribution is 5.81. The summed E-state index contributed by atoms with van der Waals surface area (Å²) in [6, 6.07) is 6.30. The number of hydrogen-bond acceptors (Lipinski definition) is 3. The van der Waals surface area contributed by atoms with Gasteiger partial charge in [0.25, 0.3) is 5.56 Å². The van der Waals surface area contributed by atoms with Gasteiger partial charge < -0.3 is 0 Å². The van der Waals surface area contributed by atoms with E-state index in [0.717, 1.165) is 0 Å². The minimum Gasteiger partial charge on any atom is -0.267 e. The summed E-state index contributed by atoms with van der Waals surface area (Å²) in [6.45, 7) is 1.41. The van der Waals surface area contributed by atoms with Crippen LogP contribution in [-0.4, -0.2) is 15.9 Å². The predicted octanol–water partition coefficient (Wildman–Crippen LogP) is 3.28. The van der Waals surface area contributed by atoms with Gasteiger partial charge in [0, 0.05) is 0 Å². The Labute approximate surface area is 136 Å². The number of halogens is 5. The van der Waals surface area contributed by atoms with E-state index in [-0.39, 0.29) is 11.2 Å². The predicted molar refractivity (Wildman–Crippen MR) is 80.0 cm³/mol. The van der Waals surface area contributed by atoms with Crippen LogP contribution in [-0.2, 0) is 0 Å². The fraction of sp³-hybridized carbons (Fsp3) is 0.0625. The van der Waals surface area contributed by atoms with E-state index in [9.17, 15) is 26.7 Å². The van der Waals surface area contributed by atoms with E-state index in [2.05, 4.69) is 10.1 Å². The quantitative estimate of drug-likeness (QED) is 0.307. The van der Waals surface area contributed by atoms with Crippen molar-refractivity contribution in [1.82, 2.24) is 9.66 Å². The van der Waals surface area contributed by atoms with E-state index in [1.807, 2.05) is 0 Å². The average molecular weight is 353 g/mol. The number of benzene rings is 2. The van der Waals surface area contributed by atoms with Crippen LogP contribution in [0.3, 0.4) is 0 Å². The molecule has 0 aliphatic rings. The van der Waals surface area contributed by atoms with Gasteiger partial charge in [-0.3, -0.25) is 4.79 Å². The lowest BCUT2D eigenvalue weighted by Crippen LogP contribution is -2.21. The lowest BCUT2D eigenvalue weighted by Gasteiger charge is -2.06. The molecular weight excluding hydrogens is 345 g/mol. The third-order valence-electron chi connectivity index (χ3n) is 3.46. The highest BCUT2D eigenvalue weighted by Gasteiger charge is 2.24. The molecule has 1 aromatic heterocycles. The van der Waals surface area contributed by atoms with Crippen molar-refractivity contribution in [1.29, 1.82) is 0 Å². The lowest BCUT2D eigenvalue weighted by atomic mass is 10.2. The summed E-state index contributed by atoms with van der Waals surface area (Å²) in [5.74, 6) is -10.5. The van der Waals surface area contributed by atoms with Crippen molar-refractivity contribution < 1.29 is 22.0 Å². The van der Waals surface area contributed by atoms with Crippen molar-refractivity contribution in [3.63, 3.8) is 0 Å². The second kappa shape index (κ2) is 6.08. The highest BCUT2D eigenvalue weighted by atomic mass is 19.2. The van der Waals surface area contributed by atoms with Gasteiger partial charge in [-0.05, 0) is 19.1 Å². The van der Waals surface area contributed by atoms with Crippen molar-refractivity contribution in [2.75, 3.05) is 0 Å². The minimum absolute atomic E-state index is 0.0730. The van der Waals surface area contributed by atoms with Crippen molar-refractivity contribution in [3.05, 3.63) is 75.1 Å². The molecule has 0 amide bonds. The summed E-state index contributed by atoms with van der Waals surface area (Å²) in [6.07, 6.45) is 0.390. The Kier molecular flexibility index (Phi) is 4.07. The molecule has 0 spiro atoms. The van der Waals surface area contributed by atoms with Crippen LogP contribution >= 0.6 is 0 Å². The van der Waals surface area contributed by atoms with E-state index in [4.69, 9.17) is 0 Å². The van der Waals surface area contributed by atoms with E-state index in [0.29, 0.717) is 16.4 Å². The summed E-state index contributed by atoms with van der Waals surface area (Å²) in [7, 11) is 0. The SMILES string of the molecule is Cc1nc2ccccc2c(=O)n1N=Cc1c(F)c(F)c(F)c(F)c1F. The number of fused-ring (bicyclic) bond motifs is 1. The number of para-hydroxylation sites is 1. The Morgan fingerprint density at radius 3 is 2.16 bits per heavy atom. The molecule has 3 aromatic rings. The van der Waals surface area contributed by atoms with Crippen LogP contribution in [0.1, 0.15) is 11.4 Å². The molecule has 0 bridgehead atoms. The Bertz CT molecular complexity index is 1060. The Hall–Kier alpha value is -3.10. The summed E-state index contributed by atoms with van der Waals surface area (Å²) < 4.78 is 67.4. The van der Waals surface area contributed by atoms with Gasteiger partial charge in [-0.25, -0.2) is 26.9 Å². The summed E-state index contributed by atoms with van der Waals surface area (Å²) in [5.41, 5.74) is -1.52. The van der Waals surface area contributed by atoms with Gasteiger partial charge in [-0.2, -0.15) is 9.78 Å². The summed E-state index contributed by atoms with van der Waals surface area (Å²) in [4.78, 5) is 16.4. The van der Waals surface area contributed by atoms with Gasteiger partial charge in [0.15, 0.2) is 23.3 Å². The van der Waals surface area contributed by atoms with Crippen LogP contribution in [0.5, 0.6) is 0 Å². The number of aryl methyl sites for hydroxylation is 1. The van der Waals surface area contributed by atoms with E-state index < -0.39 is 40.2 Å². The van der Waals surface area contributed by atoms with Gasteiger partial charge >= 0.3 is 0 Å². The number of rotatable bonds is 2. The fourth-order valence-electron chi connectivity index (χ4n) is 2.22. The highest BCUT2D eigenvalue weighted by Crippen LogP contribution is 2.21. The monoisotopic (exact) mass is 353 g/mol. The molecule has 0 saturated carbocycles. The topological polar surface area (TPSA) is 47.2 Å². The van der Waals surface area contributed by atoms with Crippen LogP contribution in [0.2, 0.25) is 0 Å². The molecule has 0 saturated heterocycles. The van der Waals surface area contributed by atoms with Gasteiger partial charge in [-0.15, -0.1) is 0 Å². The Morgan fingerprint density at radius 2 is 1.52 bits per heavy atom. The molecule has 0 N–H and O–H groups in total. The molecule has 128 valence electrons. The largest absolute Gasteiger partial charge is 0.282 e. The normalized spacial score (nSPS) is 11.6. The van der Waals surface area contributed by atoms with Gasteiger partial charge in [-0.1, -0.05) is 12.1 Å². The first-order valence-electron chi connectivity index (χ1n) is 6.87. The molecule has 0 aliphatic carbocycles. The standard InChI is InChI=1S/C16H8F5N3O/c1-7-23-10-5-3-2-4-8(10)16(25)24(7)22-6-9-11(17)13(19)15(21)14(20)12(9)18/h2-6H,1H3. The molecule has 0 radical (unpaired) electrons. The third-order valence-corrected chi connectivity index (χ3v) is 3.46. The maximum Gasteiger partial charge on any atom is 0.282 e. The maximum atomic E-state index is 13.6. The number of hydrogen-bond donors (Lipinski definition) is 0. The molecular formula is C16H8F5N3O. The second-order valence-corrected chi connectivity index (χ2v) is 5.02. The molecule has 3 rings (SSSR count). The lowest BCUT2D eigenvalue weighted by molar-refractivity contribution is 0.377.